The lowest BCUT2D eigenvalue weighted by Gasteiger charge is -2.26. The largest absolute Gasteiger partial charge is 0.356 e. The summed E-state index contributed by atoms with van der Waals surface area (Å²) in [6, 6.07) is 8.15. The van der Waals surface area contributed by atoms with E-state index in [0.717, 1.165) is 25.1 Å². The second-order valence-corrected chi connectivity index (χ2v) is 5.77. The van der Waals surface area contributed by atoms with Gasteiger partial charge in [0.25, 0.3) is 0 Å². The Morgan fingerprint density at radius 2 is 2.05 bits per heavy atom. The van der Waals surface area contributed by atoms with Crippen LogP contribution in [-0.2, 0) is 11.2 Å². The zero-order chi connectivity index (χ0) is 14.2. The molecule has 0 unspecified atom stereocenters. The molecule has 0 atom stereocenters. The predicted octanol–water partition coefficient (Wildman–Crippen LogP) is 2.53. The van der Waals surface area contributed by atoms with Gasteiger partial charge in [-0.2, -0.15) is 0 Å². The van der Waals surface area contributed by atoms with Gasteiger partial charge >= 0.3 is 0 Å². The van der Waals surface area contributed by atoms with Crippen molar-refractivity contribution in [2.75, 3.05) is 26.2 Å². The molecule has 0 spiro atoms. The molecule has 1 aliphatic rings. The molecule has 110 valence electrons. The van der Waals surface area contributed by atoms with Crippen LogP contribution in [0.5, 0.6) is 0 Å². The average Bonchev–Trinajstić information content (AvgIpc) is 2.45. The van der Waals surface area contributed by atoms with Gasteiger partial charge in [-0.3, -0.25) is 4.79 Å². The van der Waals surface area contributed by atoms with Crippen LogP contribution >= 0.6 is 0 Å². The van der Waals surface area contributed by atoms with Crippen LogP contribution in [0.15, 0.2) is 24.3 Å². The minimum Gasteiger partial charge on any atom is -0.356 e. The Kier molecular flexibility index (Phi) is 6.06. The zero-order valence-corrected chi connectivity index (χ0v) is 12.5. The maximum atomic E-state index is 11.9. The Balaban J connectivity index is 1.60. The highest BCUT2D eigenvalue weighted by molar-refractivity contribution is 5.78. The van der Waals surface area contributed by atoms with Gasteiger partial charge in [0.05, 0.1) is 6.42 Å². The van der Waals surface area contributed by atoms with Crippen molar-refractivity contribution in [3.05, 3.63) is 35.4 Å². The third-order valence-corrected chi connectivity index (χ3v) is 3.87. The maximum Gasteiger partial charge on any atom is 0.224 e. The molecule has 0 aliphatic carbocycles. The van der Waals surface area contributed by atoms with E-state index in [1.165, 1.54) is 37.9 Å². The number of aryl methyl sites for hydroxylation is 1. The number of carbonyl (C=O) groups excluding carboxylic acids is 1. The Bertz CT molecular complexity index is 425. The topological polar surface area (TPSA) is 32.3 Å². The molecule has 0 saturated carbocycles. The Morgan fingerprint density at radius 3 is 2.80 bits per heavy atom. The number of amides is 1. The first-order valence-electron chi connectivity index (χ1n) is 7.78. The fraction of sp³-hybridized carbons (Fsp3) is 0.588. The highest BCUT2D eigenvalue weighted by atomic mass is 16.1. The number of nitrogens with one attached hydrogen (secondary N) is 1. The van der Waals surface area contributed by atoms with E-state index in [2.05, 4.69) is 29.3 Å². The summed E-state index contributed by atoms with van der Waals surface area (Å²) in [6.45, 7) is 6.43. The first-order valence-corrected chi connectivity index (χ1v) is 7.78. The summed E-state index contributed by atoms with van der Waals surface area (Å²) in [4.78, 5) is 14.4. The molecule has 1 fully saturated rings. The van der Waals surface area contributed by atoms with E-state index >= 15 is 0 Å². The Morgan fingerprint density at radius 1 is 1.25 bits per heavy atom. The second kappa shape index (κ2) is 8.05. The van der Waals surface area contributed by atoms with Gasteiger partial charge in [0, 0.05) is 6.54 Å². The van der Waals surface area contributed by atoms with Gasteiger partial charge < -0.3 is 10.2 Å². The molecule has 3 heteroatoms. The third-order valence-electron chi connectivity index (χ3n) is 3.87. The predicted molar refractivity (Wildman–Crippen MR) is 82.8 cm³/mol. The van der Waals surface area contributed by atoms with Crippen molar-refractivity contribution in [3.8, 4) is 0 Å². The van der Waals surface area contributed by atoms with Crippen molar-refractivity contribution >= 4 is 5.91 Å². The van der Waals surface area contributed by atoms with Crippen LogP contribution in [-0.4, -0.2) is 37.0 Å². The van der Waals surface area contributed by atoms with Crippen LogP contribution < -0.4 is 5.32 Å². The van der Waals surface area contributed by atoms with Crippen molar-refractivity contribution in [1.82, 2.24) is 10.2 Å². The normalized spacial score (nSPS) is 16.1. The van der Waals surface area contributed by atoms with Crippen LogP contribution in [0.1, 0.15) is 36.8 Å². The number of carbonyl (C=O) groups is 1. The highest BCUT2D eigenvalue weighted by Gasteiger charge is 2.09. The van der Waals surface area contributed by atoms with E-state index in [1.807, 2.05) is 12.1 Å². The zero-order valence-electron chi connectivity index (χ0n) is 12.5. The summed E-state index contributed by atoms with van der Waals surface area (Å²) in [5.41, 5.74) is 2.30. The number of piperidine rings is 1. The molecular weight excluding hydrogens is 248 g/mol. The van der Waals surface area contributed by atoms with E-state index in [1.54, 1.807) is 0 Å². The molecule has 1 aromatic carbocycles. The molecule has 0 bridgehead atoms. The van der Waals surface area contributed by atoms with E-state index in [4.69, 9.17) is 0 Å². The van der Waals surface area contributed by atoms with E-state index < -0.39 is 0 Å². The standard InChI is InChI=1S/C17H26N2O/c1-15-7-5-8-16(13-15)14-17(20)18-9-6-12-19-10-3-2-4-11-19/h5,7-8,13H,2-4,6,9-12,14H2,1H3,(H,18,20). The lowest BCUT2D eigenvalue weighted by atomic mass is 10.1. The summed E-state index contributed by atoms with van der Waals surface area (Å²) in [5, 5.41) is 3.02. The molecule has 1 saturated heterocycles. The number of likely N-dealkylation sites (tertiary alicyclic amines) is 1. The summed E-state index contributed by atoms with van der Waals surface area (Å²) in [6.07, 6.45) is 5.59. The smallest absolute Gasteiger partial charge is 0.224 e. The average molecular weight is 274 g/mol. The van der Waals surface area contributed by atoms with E-state index in [0.29, 0.717) is 6.42 Å². The first-order chi connectivity index (χ1) is 9.74. The van der Waals surface area contributed by atoms with Crippen LogP contribution in [0, 0.1) is 6.92 Å². The molecule has 1 amide bonds. The lowest BCUT2D eigenvalue weighted by Crippen LogP contribution is -2.33. The van der Waals surface area contributed by atoms with Crippen molar-refractivity contribution in [3.63, 3.8) is 0 Å². The van der Waals surface area contributed by atoms with E-state index in [9.17, 15) is 4.79 Å². The third kappa shape index (κ3) is 5.33. The fourth-order valence-corrected chi connectivity index (χ4v) is 2.78. The summed E-state index contributed by atoms with van der Waals surface area (Å²) < 4.78 is 0. The molecule has 0 aromatic heterocycles. The van der Waals surface area contributed by atoms with Crippen molar-refractivity contribution in [2.45, 2.75) is 39.0 Å². The van der Waals surface area contributed by atoms with Crippen molar-refractivity contribution in [2.24, 2.45) is 0 Å². The maximum absolute atomic E-state index is 11.9. The van der Waals surface area contributed by atoms with Gasteiger partial charge in [-0.1, -0.05) is 36.2 Å². The molecule has 0 radical (unpaired) electrons. The summed E-state index contributed by atoms with van der Waals surface area (Å²) in [5.74, 6) is 0.134. The number of nitrogens with zero attached hydrogens (tertiary/aromatic N) is 1. The molecular formula is C17H26N2O. The molecule has 1 heterocycles. The quantitative estimate of drug-likeness (QED) is 0.809. The van der Waals surface area contributed by atoms with Gasteiger partial charge in [0.2, 0.25) is 5.91 Å². The van der Waals surface area contributed by atoms with Crippen molar-refractivity contribution < 1.29 is 4.79 Å². The van der Waals surface area contributed by atoms with Crippen LogP contribution in [0.4, 0.5) is 0 Å². The highest BCUT2D eigenvalue weighted by Crippen LogP contribution is 2.08. The number of hydrogen-bond acceptors (Lipinski definition) is 2. The van der Waals surface area contributed by atoms with Crippen LogP contribution in [0.2, 0.25) is 0 Å². The van der Waals surface area contributed by atoms with Crippen molar-refractivity contribution in [1.29, 1.82) is 0 Å². The Hall–Kier alpha value is -1.35. The number of benzene rings is 1. The molecule has 3 nitrogen and oxygen atoms in total. The molecule has 1 N–H and O–H groups in total. The van der Waals surface area contributed by atoms with Gasteiger partial charge in [0.15, 0.2) is 0 Å². The molecule has 2 rings (SSSR count). The van der Waals surface area contributed by atoms with Gasteiger partial charge in [-0.25, -0.2) is 0 Å². The van der Waals surface area contributed by atoms with Crippen LogP contribution in [0.3, 0.4) is 0 Å². The number of hydrogen-bond donors (Lipinski definition) is 1. The van der Waals surface area contributed by atoms with Gasteiger partial charge in [0.1, 0.15) is 0 Å². The minimum absolute atomic E-state index is 0.134. The van der Waals surface area contributed by atoms with Gasteiger partial charge in [-0.05, 0) is 51.4 Å². The fourth-order valence-electron chi connectivity index (χ4n) is 2.78. The Labute approximate surface area is 122 Å². The lowest BCUT2D eigenvalue weighted by molar-refractivity contribution is -0.120. The monoisotopic (exact) mass is 274 g/mol. The number of rotatable bonds is 6. The minimum atomic E-state index is 0.134. The SMILES string of the molecule is Cc1cccc(CC(=O)NCCCN2CCCCC2)c1. The molecule has 20 heavy (non-hydrogen) atoms. The van der Waals surface area contributed by atoms with E-state index in [-0.39, 0.29) is 5.91 Å². The second-order valence-electron chi connectivity index (χ2n) is 5.77. The molecule has 1 aliphatic heterocycles. The first kappa shape index (κ1) is 15.0. The van der Waals surface area contributed by atoms with Gasteiger partial charge in [-0.15, -0.1) is 0 Å². The molecule has 1 aromatic rings. The summed E-state index contributed by atoms with van der Waals surface area (Å²) >= 11 is 0. The summed E-state index contributed by atoms with van der Waals surface area (Å²) in [7, 11) is 0. The van der Waals surface area contributed by atoms with Crippen LogP contribution in [0.25, 0.3) is 0 Å².